The molecule has 1 heterocycles. The van der Waals surface area contributed by atoms with Crippen LogP contribution >= 0.6 is 0 Å². The summed E-state index contributed by atoms with van der Waals surface area (Å²) >= 11 is 0. The van der Waals surface area contributed by atoms with Crippen LogP contribution in [0.1, 0.15) is 29.2 Å². The number of aromatic hydroxyl groups is 1. The maximum atomic E-state index is 14.0. The minimum atomic E-state index is -0.657. The van der Waals surface area contributed by atoms with Gasteiger partial charge in [0.05, 0.1) is 5.56 Å². The van der Waals surface area contributed by atoms with Gasteiger partial charge in [-0.15, -0.1) is 0 Å². The van der Waals surface area contributed by atoms with E-state index in [1.165, 1.54) is 12.1 Å². The predicted octanol–water partition coefficient (Wildman–Crippen LogP) is 6.23. The van der Waals surface area contributed by atoms with Crippen molar-refractivity contribution in [3.8, 4) is 5.75 Å². The number of phenolic OH excluding ortho intramolecular Hbond substituents is 1. The Balaban J connectivity index is 1.82. The number of allylic oxidation sites excluding steroid dienone is 2. The van der Waals surface area contributed by atoms with E-state index in [9.17, 15) is 13.9 Å². The molecule has 0 saturated heterocycles. The number of benzene rings is 3. The third kappa shape index (κ3) is 4.19. The third-order valence-electron chi connectivity index (χ3n) is 5.60. The monoisotopic (exact) mass is 430 g/mol. The summed E-state index contributed by atoms with van der Waals surface area (Å²) in [7, 11) is 0. The summed E-state index contributed by atoms with van der Waals surface area (Å²) < 4.78 is 27.9. The highest BCUT2D eigenvalue weighted by Gasteiger charge is 2.28. The number of hydrogen-bond acceptors (Lipinski definition) is 3. The molecule has 1 aliphatic rings. The van der Waals surface area contributed by atoms with Gasteiger partial charge >= 0.3 is 0 Å². The number of para-hydroxylation sites is 1. The summed E-state index contributed by atoms with van der Waals surface area (Å²) in [5.41, 5.74) is 4.57. The zero-order chi connectivity index (χ0) is 22.8. The molecule has 0 saturated carbocycles. The SMILES string of the molecule is C=C1C(c2cc(F)cc(F)c2)=C(C)N=C(c2cccc(C)c2O)N1CCc1ccccc1. The Morgan fingerprint density at radius 2 is 1.62 bits per heavy atom. The Kier molecular flexibility index (Phi) is 5.91. The van der Waals surface area contributed by atoms with Gasteiger partial charge in [0.1, 0.15) is 23.2 Å². The first-order valence-electron chi connectivity index (χ1n) is 10.4. The Morgan fingerprint density at radius 1 is 0.938 bits per heavy atom. The van der Waals surface area contributed by atoms with Crippen molar-refractivity contribution in [3.05, 3.63) is 119 Å². The fraction of sp³-hybridized carbons (Fsp3) is 0.148. The Bertz CT molecular complexity index is 1230. The molecular formula is C27H24F2N2O. The molecule has 0 bridgehead atoms. The van der Waals surface area contributed by atoms with E-state index in [0.717, 1.165) is 17.2 Å². The van der Waals surface area contributed by atoms with Gasteiger partial charge in [-0.3, -0.25) is 0 Å². The number of hydrogen-bond donors (Lipinski definition) is 1. The molecule has 4 rings (SSSR count). The van der Waals surface area contributed by atoms with Crippen LogP contribution in [0.2, 0.25) is 0 Å². The van der Waals surface area contributed by atoms with E-state index in [1.54, 1.807) is 6.92 Å². The van der Waals surface area contributed by atoms with Gasteiger partial charge in [-0.2, -0.15) is 0 Å². The second kappa shape index (κ2) is 8.79. The molecule has 162 valence electrons. The molecule has 0 unspecified atom stereocenters. The second-order valence-corrected chi connectivity index (χ2v) is 7.86. The number of aryl methyl sites for hydroxylation is 1. The third-order valence-corrected chi connectivity index (χ3v) is 5.60. The summed E-state index contributed by atoms with van der Waals surface area (Å²) in [6, 6.07) is 18.9. The summed E-state index contributed by atoms with van der Waals surface area (Å²) in [5.74, 6) is -0.604. The van der Waals surface area contributed by atoms with Gasteiger partial charge in [-0.25, -0.2) is 13.8 Å². The van der Waals surface area contributed by atoms with E-state index in [2.05, 4.69) is 6.58 Å². The number of aliphatic imine (C=N–C) groups is 1. The van der Waals surface area contributed by atoms with Crippen molar-refractivity contribution in [2.75, 3.05) is 6.54 Å². The molecule has 0 fully saturated rings. The van der Waals surface area contributed by atoms with Gasteiger partial charge in [0.2, 0.25) is 0 Å². The highest BCUT2D eigenvalue weighted by molar-refractivity contribution is 6.07. The normalized spacial score (nSPS) is 14.1. The van der Waals surface area contributed by atoms with Gasteiger partial charge in [-0.05, 0) is 55.2 Å². The van der Waals surface area contributed by atoms with Crippen LogP contribution in [0, 0.1) is 18.6 Å². The zero-order valence-electron chi connectivity index (χ0n) is 18.1. The van der Waals surface area contributed by atoms with E-state index < -0.39 is 11.6 Å². The van der Waals surface area contributed by atoms with Crippen LogP contribution < -0.4 is 0 Å². The van der Waals surface area contributed by atoms with Crippen molar-refractivity contribution < 1.29 is 13.9 Å². The fourth-order valence-corrected chi connectivity index (χ4v) is 3.99. The summed E-state index contributed by atoms with van der Waals surface area (Å²) in [5, 5.41) is 10.7. The van der Waals surface area contributed by atoms with Crippen LogP contribution in [0.5, 0.6) is 5.75 Å². The number of halogens is 2. The van der Waals surface area contributed by atoms with E-state index in [-0.39, 0.29) is 5.75 Å². The molecule has 3 aromatic rings. The lowest BCUT2D eigenvalue weighted by atomic mass is 9.96. The van der Waals surface area contributed by atoms with Crippen LogP contribution in [-0.2, 0) is 6.42 Å². The molecule has 0 atom stereocenters. The fourth-order valence-electron chi connectivity index (χ4n) is 3.99. The molecule has 0 spiro atoms. The van der Waals surface area contributed by atoms with Gasteiger partial charge in [0.15, 0.2) is 0 Å². The van der Waals surface area contributed by atoms with Crippen molar-refractivity contribution in [3.63, 3.8) is 0 Å². The average molecular weight is 430 g/mol. The molecule has 0 aliphatic carbocycles. The van der Waals surface area contributed by atoms with E-state index in [0.29, 0.717) is 46.9 Å². The number of nitrogens with zero attached hydrogens (tertiary/aromatic N) is 2. The van der Waals surface area contributed by atoms with Gasteiger partial charge < -0.3 is 10.0 Å². The summed E-state index contributed by atoms with van der Waals surface area (Å²) in [6.45, 7) is 8.41. The van der Waals surface area contributed by atoms with Crippen LogP contribution in [0.15, 0.2) is 89.7 Å². The maximum absolute atomic E-state index is 14.0. The van der Waals surface area contributed by atoms with Gasteiger partial charge in [-0.1, -0.05) is 49.0 Å². The molecule has 32 heavy (non-hydrogen) atoms. The van der Waals surface area contributed by atoms with Crippen molar-refractivity contribution in [1.82, 2.24) is 4.90 Å². The lowest BCUT2D eigenvalue weighted by Crippen LogP contribution is -2.35. The van der Waals surface area contributed by atoms with Crippen molar-refractivity contribution in [2.45, 2.75) is 20.3 Å². The molecule has 0 radical (unpaired) electrons. The molecule has 1 N–H and O–H groups in total. The average Bonchev–Trinajstić information content (AvgIpc) is 2.75. The molecule has 5 heteroatoms. The van der Waals surface area contributed by atoms with E-state index in [1.807, 2.05) is 60.4 Å². The van der Waals surface area contributed by atoms with E-state index in [4.69, 9.17) is 4.99 Å². The minimum absolute atomic E-state index is 0.150. The maximum Gasteiger partial charge on any atom is 0.144 e. The smallest absolute Gasteiger partial charge is 0.144 e. The van der Waals surface area contributed by atoms with Crippen LogP contribution in [0.25, 0.3) is 5.57 Å². The lowest BCUT2D eigenvalue weighted by molar-refractivity contribution is 0.465. The Labute approximate surface area is 186 Å². The predicted molar refractivity (Wildman–Crippen MR) is 124 cm³/mol. The minimum Gasteiger partial charge on any atom is -0.507 e. The van der Waals surface area contributed by atoms with Crippen molar-refractivity contribution in [1.29, 1.82) is 0 Å². The highest BCUT2D eigenvalue weighted by Crippen LogP contribution is 2.36. The standard InChI is InChI=1S/C27H24F2N2O/c1-17-8-7-11-24(26(17)32)27-30-18(2)25(21-14-22(28)16-23(29)15-21)19(3)31(27)13-12-20-9-5-4-6-10-20/h4-11,14-16,32H,3,12-13H2,1-2H3. The number of amidine groups is 1. The van der Waals surface area contributed by atoms with Crippen LogP contribution in [-0.4, -0.2) is 22.4 Å². The van der Waals surface area contributed by atoms with Crippen LogP contribution in [0.4, 0.5) is 8.78 Å². The van der Waals surface area contributed by atoms with Gasteiger partial charge in [0, 0.05) is 29.6 Å². The van der Waals surface area contributed by atoms with Crippen molar-refractivity contribution >= 4 is 11.4 Å². The molecule has 0 aromatic heterocycles. The Morgan fingerprint density at radius 3 is 2.31 bits per heavy atom. The second-order valence-electron chi connectivity index (χ2n) is 7.86. The number of rotatable bonds is 5. The quantitative estimate of drug-likeness (QED) is 0.521. The first-order valence-corrected chi connectivity index (χ1v) is 10.4. The summed E-state index contributed by atoms with van der Waals surface area (Å²) in [4.78, 5) is 6.68. The first-order chi connectivity index (χ1) is 15.3. The largest absolute Gasteiger partial charge is 0.507 e. The number of phenols is 1. The highest BCUT2D eigenvalue weighted by atomic mass is 19.1. The Hall–Kier alpha value is -3.73. The lowest BCUT2D eigenvalue weighted by Gasteiger charge is -2.34. The zero-order valence-corrected chi connectivity index (χ0v) is 18.1. The van der Waals surface area contributed by atoms with Crippen molar-refractivity contribution in [2.24, 2.45) is 4.99 Å². The molecule has 3 nitrogen and oxygen atoms in total. The van der Waals surface area contributed by atoms with Crippen LogP contribution in [0.3, 0.4) is 0 Å². The topological polar surface area (TPSA) is 35.8 Å². The molecule has 3 aromatic carbocycles. The molecule has 0 amide bonds. The van der Waals surface area contributed by atoms with Gasteiger partial charge in [0.25, 0.3) is 0 Å². The van der Waals surface area contributed by atoms with E-state index >= 15 is 0 Å². The molecular weight excluding hydrogens is 406 g/mol. The molecule has 1 aliphatic heterocycles. The first kappa shape index (κ1) is 21.5. The summed E-state index contributed by atoms with van der Waals surface area (Å²) in [6.07, 6.45) is 0.704.